The highest BCUT2D eigenvalue weighted by atomic mass is 32.2. The molecule has 4 nitrogen and oxygen atoms in total. The van der Waals surface area contributed by atoms with Gasteiger partial charge in [-0.3, -0.25) is 10.1 Å². The Morgan fingerprint density at radius 1 is 1.56 bits per heavy atom. The standard InChI is InChI=1S/C8H6F3N3OS/c9-8(10,11)13-6(15)5-4-16-7-12-2-1-3-14(5)7/h1-2,4H,3H2,(H,13,15). The summed E-state index contributed by atoms with van der Waals surface area (Å²) in [6, 6.07) is 0. The van der Waals surface area contributed by atoms with E-state index in [0.717, 1.165) is 17.1 Å². The Kier molecular flexibility index (Phi) is 2.66. The van der Waals surface area contributed by atoms with E-state index in [1.807, 2.05) is 0 Å². The Morgan fingerprint density at radius 3 is 3.00 bits per heavy atom. The molecule has 0 saturated carbocycles. The maximum atomic E-state index is 12.0. The number of aliphatic imine (C=N–C) groups is 1. The summed E-state index contributed by atoms with van der Waals surface area (Å²) < 4.78 is 35.9. The Balaban J connectivity index is 2.10. The van der Waals surface area contributed by atoms with Gasteiger partial charge in [-0.15, -0.1) is 0 Å². The molecular formula is C8H6F3N3OS. The quantitative estimate of drug-likeness (QED) is 0.714. The SMILES string of the molecule is O=C(NC(F)(F)F)C1=CSC2=NC=CCN12. The Morgan fingerprint density at radius 2 is 2.31 bits per heavy atom. The first-order valence-electron chi connectivity index (χ1n) is 4.24. The number of alkyl halides is 3. The van der Waals surface area contributed by atoms with Crippen LogP contribution in [0.2, 0.25) is 0 Å². The monoisotopic (exact) mass is 249 g/mol. The van der Waals surface area contributed by atoms with Crippen molar-refractivity contribution < 1.29 is 18.0 Å². The minimum absolute atomic E-state index is 0.0366. The van der Waals surface area contributed by atoms with Crippen molar-refractivity contribution in [2.45, 2.75) is 6.30 Å². The van der Waals surface area contributed by atoms with Gasteiger partial charge in [-0.2, -0.15) is 13.2 Å². The topological polar surface area (TPSA) is 44.7 Å². The first-order valence-corrected chi connectivity index (χ1v) is 5.12. The van der Waals surface area contributed by atoms with Crippen molar-refractivity contribution in [1.29, 1.82) is 0 Å². The van der Waals surface area contributed by atoms with Gasteiger partial charge in [0.2, 0.25) is 0 Å². The molecule has 0 aromatic rings. The van der Waals surface area contributed by atoms with Crippen molar-refractivity contribution in [2.24, 2.45) is 4.99 Å². The van der Waals surface area contributed by atoms with Crippen molar-refractivity contribution in [2.75, 3.05) is 6.54 Å². The van der Waals surface area contributed by atoms with Gasteiger partial charge in [-0.05, 0) is 6.08 Å². The smallest absolute Gasteiger partial charge is 0.312 e. The van der Waals surface area contributed by atoms with E-state index >= 15 is 0 Å². The number of rotatable bonds is 1. The minimum atomic E-state index is -4.71. The number of carbonyl (C=O) groups excluding carboxylic acids is 1. The van der Waals surface area contributed by atoms with Crippen LogP contribution in [0.3, 0.4) is 0 Å². The Labute approximate surface area is 92.9 Å². The second kappa shape index (κ2) is 3.85. The summed E-state index contributed by atoms with van der Waals surface area (Å²) in [4.78, 5) is 16.6. The highest BCUT2D eigenvalue weighted by Gasteiger charge is 2.35. The van der Waals surface area contributed by atoms with E-state index in [-0.39, 0.29) is 5.70 Å². The normalized spacial score (nSPS) is 19.1. The molecule has 2 aliphatic rings. The second-order valence-electron chi connectivity index (χ2n) is 2.98. The molecule has 0 fully saturated rings. The first kappa shape index (κ1) is 11.1. The van der Waals surface area contributed by atoms with Crippen LogP contribution >= 0.6 is 11.8 Å². The zero-order valence-electron chi connectivity index (χ0n) is 7.78. The molecule has 0 saturated heterocycles. The number of fused-ring (bicyclic) bond motifs is 1. The van der Waals surface area contributed by atoms with Crippen molar-refractivity contribution in [3.63, 3.8) is 0 Å². The molecule has 0 unspecified atom stereocenters. The first-order chi connectivity index (χ1) is 7.47. The lowest BCUT2D eigenvalue weighted by Gasteiger charge is -2.21. The van der Waals surface area contributed by atoms with Crippen LogP contribution in [-0.2, 0) is 4.79 Å². The van der Waals surface area contributed by atoms with Gasteiger partial charge in [0.25, 0.3) is 5.91 Å². The molecule has 0 radical (unpaired) electrons. The molecule has 0 aliphatic carbocycles. The fourth-order valence-corrected chi connectivity index (χ4v) is 2.13. The fraction of sp³-hybridized carbons (Fsp3) is 0.250. The van der Waals surface area contributed by atoms with E-state index < -0.39 is 12.2 Å². The molecule has 86 valence electrons. The summed E-state index contributed by atoms with van der Waals surface area (Å²) in [7, 11) is 0. The molecular weight excluding hydrogens is 243 g/mol. The number of hydrogen-bond donors (Lipinski definition) is 1. The molecule has 0 aromatic heterocycles. The van der Waals surface area contributed by atoms with Crippen LogP contribution < -0.4 is 5.32 Å². The van der Waals surface area contributed by atoms with Crippen LogP contribution in [-0.4, -0.2) is 28.8 Å². The van der Waals surface area contributed by atoms with Gasteiger partial charge in [0, 0.05) is 18.2 Å². The van der Waals surface area contributed by atoms with E-state index in [1.54, 1.807) is 12.3 Å². The van der Waals surface area contributed by atoms with Crippen molar-refractivity contribution >= 4 is 22.8 Å². The largest absolute Gasteiger partial charge is 0.484 e. The van der Waals surface area contributed by atoms with Crippen LogP contribution in [0.4, 0.5) is 13.2 Å². The van der Waals surface area contributed by atoms with Crippen LogP contribution in [0.25, 0.3) is 0 Å². The summed E-state index contributed by atoms with van der Waals surface area (Å²) in [5.41, 5.74) is -0.0366. The maximum Gasteiger partial charge on any atom is 0.484 e. The lowest BCUT2D eigenvalue weighted by atomic mass is 10.3. The zero-order chi connectivity index (χ0) is 11.8. The molecule has 8 heteroatoms. The summed E-state index contributed by atoms with van der Waals surface area (Å²) in [6.45, 7) is 0.350. The van der Waals surface area contributed by atoms with Gasteiger partial charge in [0.05, 0.1) is 0 Å². The third-order valence-corrected chi connectivity index (χ3v) is 2.74. The van der Waals surface area contributed by atoms with Gasteiger partial charge >= 0.3 is 6.30 Å². The summed E-state index contributed by atoms with van der Waals surface area (Å²) in [6.07, 6.45) is -1.50. The highest BCUT2D eigenvalue weighted by molar-refractivity contribution is 8.16. The lowest BCUT2D eigenvalue weighted by Crippen LogP contribution is -2.42. The van der Waals surface area contributed by atoms with Gasteiger partial charge in [0.15, 0.2) is 5.17 Å². The number of nitrogens with one attached hydrogen (secondary N) is 1. The predicted molar refractivity (Wildman–Crippen MR) is 53.2 cm³/mol. The van der Waals surface area contributed by atoms with Crippen molar-refractivity contribution in [3.8, 4) is 0 Å². The average Bonchev–Trinajstić information content (AvgIpc) is 2.58. The number of thioether (sulfide) groups is 1. The van der Waals surface area contributed by atoms with Gasteiger partial charge in [0.1, 0.15) is 5.70 Å². The second-order valence-corrected chi connectivity index (χ2v) is 3.82. The van der Waals surface area contributed by atoms with Gasteiger partial charge in [-0.25, -0.2) is 4.99 Å². The average molecular weight is 249 g/mol. The molecule has 0 spiro atoms. The van der Waals surface area contributed by atoms with Crippen LogP contribution in [0.15, 0.2) is 28.4 Å². The predicted octanol–water partition coefficient (Wildman–Crippen LogP) is 1.40. The molecule has 0 atom stereocenters. The van der Waals surface area contributed by atoms with Gasteiger partial charge in [-0.1, -0.05) is 11.8 Å². The summed E-state index contributed by atoms with van der Waals surface area (Å²) in [5, 5.41) is 2.82. The van der Waals surface area contributed by atoms with Crippen LogP contribution in [0.1, 0.15) is 0 Å². The molecule has 1 N–H and O–H groups in total. The number of amidine groups is 1. The molecule has 2 aliphatic heterocycles. The molecule has 0 aromatic carbocycles. The minimum Gasteiger partial charge on any atom is -0.312 e. The zero-order valence-corrected chi connectivity index (χ0v) is 8.60. The molecule has 2 heterocycles. The van der Waals surface area contributed by atoms with Crippen LogP contribution in [0, 0.1) is 0 Å². The molecule has 1 amide bonds. The van der Waals surface area contributed by atoms with E-state index in [4.69, 9.17) is 0 Å². The number of nitrogens with zero attached hydrogens (tertiary/aromatic N) is 2. The van der Waals surface area contributed by atoms with E-state index in [2.05, 4.69) is 4.99 Å². The van der Waals surface area contributed by atoms with E-state index in [1.165, 1.54) is 10.3 Å². The Hall–Kier alpha value is -1.44. The van der Waals surface area contributed by atoms with Crippen LogP contribution in [0.5, 0.6) is 0 Å². The molecule has 0 bridgehead atoms. The number of amides is 1. The fourth-order valence-electron chi connectivity index (χ4n) is 1.25. The van der Waals surface area contributed by atoms with E-state index in [0.29, 0.717) is 11.7 Å². The summed E-state index contributed by atoms with van der Waals surface area (Å²) in [5.74, 6) is -1.17. The third-order valence-electron chi connectivity index (χ3n) is 1.86. The lowest BCUT2D eigenvalue weighted by molar-refractivity contribution is -0.167. The van der Waals surface area contributed by atoms with Gasteiger partial charge < -0.3 is 4.90 Å². The molecule has 16 heavy (non-hydrogen) atoms. The van der Waals surface area contributed by atoms with Crippen molar-refractivity contribution in [3.05, 3.63) is 23.4 Å². The summed E-state index contributed by atoms with van der Waals surface area (Å²) >= 11 is 1.12. The number of carbonyl (C=O) groups is 1. The molecule has 2 rings (SSSR count). The van der Waals surface area contributed by atoms with Crippen molar-refractivity contribution in [1.82, 2.24) is 10.2 Å². The number of halogens is 3. The number of hydrogen-bond acceptors (Lipinski definition) is 4. The maximum absolute atomic E-state index is 12.0. The third kappa shape index (κ3) is 2.21. The Bertz CT molecular complexity index is 413. The van der Waals surface area contributed by atoms with E-state index in [9.17, 15) is 18.0 Å². The highest BCUT2D eigenvalue weighted by Crippen LogP contribution is 2.28.